The maximum Gasteiger partial charge on any atom is 0.126 e. The molecule has 1 unspecified atom stereocenters. The van der Waals surface area contributed by atoms with E-state index in [1.54, 1.807) is 6.92 Å². The van der Waals surface area contributed by atoms with E-state index in [1.165, 1.54) is 17.2 Å². The van der Waals surface area contributed by atoms with Crippen molar-refractivity contribution in [1.29, 1.82) is 0 Å². The third-order valence-electron chi connectivity index (χ3n) is 3.16. The van der Waals surface area contributed by atoms with Gasteiger partial charge in [0.25, 0.3) is 0 Å². The van der Waals surface area contributed by atoms with Crippen LogP contribution in [0.2, 0.25) is 0 Å². The van der Waals surface area contributed by atoms with Crippen molar-refractivity contribution in [2.45, 2.75) is 25.1 Å². The summed E-state index contributed by atoms with van der Waals surface area (Å²) < 4.78 is 13.2. The van der Waals surface area contributed by atoms with Gasteiger partial charge in [-0.3, -0.25) is 0 Å². The lowest BCUT2D eigenvalue weighted by molar-refractivity contribution is 0.618. The first-order valence-electron chi connectivity index (χ1n) is 6.10. The van der Waals surface area contributed by atoms with Gasteiger partial charge in [0.05, 0.1) is 4.83 Å². The summed E-state index contributed by atoms with van der Waals surface area (Å²) >= 11 is 3.68. The second-order valence-corrected chi connectivity index (χ2v) is 5.38. The molecule has 0 aromatic heterocycles. The molecule has 0 nitrogen and oxygen atoms in total. The Hall–Kier alpha value is -1.15. The van der Waals surface area contributed by atoms with Gasteiger partial charge < -0.3 is 0 Å². The van der Waals surface area contributed by atoms with E-state index in [4.69, 9.17) is 0 Å². The van der Waals surface area contributed by atoms with Gasteiger partial charge in [0.2, 0.25) is 0 Å². The average Bonchev–Trinajstić information content (AvgIpc) is 2.41. The molecule has 0 radical (unpaired) electrons. The van der Waals surface area contributed by atoms with E-state index < -0.39 is 0 Å². The van der Waals surface area contributed by atoms with E-state index in [0.29, 0.717) is 5.56 Å². The summed E-state index contributed by atoms with van der Waals surface area (Å²) in [5.41, 5.74) is 4.28. The maximum atomic E-state index is 13.2. The van der Waals surface area contributed by atoms with E-state index in [-0.39, 0.29) is 10.6 Å². The van der Waals surface area contributed by atoms with Gasteiger partial charge in [-0.25, -0.2) is 4.39 Å². The second-order valence-electron chi connectivity index (χ2n) is 4.47. The first-order chi connectivity index (χ1) is 8.61. The van der Waals surface area contributed by atoms with Gasteiger partial charge in [0, 0.05) is 0 Å². The van der Waals surface area contributed by atoms with Gasteiger partial charge in [-0.2, -0.15) is 0 Å². The van der Waals surface area contributed by atoms with Crippen LogP contribution in [-0.2, 0) is 6.42 Å². The van der Waals surface area contributed by atoms with Crippen LogP contribution in [-0.4, -0.2) is 0 Å². The highest BCUT2D eigenvalue weighted by Crippen LogP contribution is 2.31. The van der Waals surface area contributed by atoms with Gasteiger partial charge >= 0.3 is 0 Å². The number of hydrogen-bond donors (Lipinski definition) is 0. The Kier molecular flexibility index (Phi) is 4.18. The molecule has 2 aromatic rings. The third-order valence-corrected chi connectivity index (χ3v) is 4.21. The molecule has 0 aliphatic heterocycles. The molecule has 0 amide bonds. The Morgan fingerprint density at radius 2 is 1.67 bits per heavy atom. The van der Waals surface area contributed by atoms with Crippen molar-refractivity contribution in [3.8, 4) is 0 Å². The quantitative estimate of drug-likeness (QED) is 0.685. The molecule has 0 saturated carbocycles. The van der Waals surface area contributed by atoms with Crippen molar-refractivity contribution in [3.05, 3.63) is 70.5 Å². The van der Waals surface area contributed by atoms with Crippen LogP contribution in [0.1, 0.15) is 34.0 Å². The Morgan fingerprint density at radius 3 is 2.22 bits per heavy atom. The van der Waals surface area contributed by atoms with Crippen LogP contribution < -0.4 is 0 Å². The summed E-state index contributed by atoms with van der Waals surface area (Å²) in [6.07, 6.45) is 1.04. The van der Waals surface area contributed by atoms with Crippen LogP contribution in [0.5, 0.6) is 0 Å². The summed E-state index contributed by atoms with van der Waals surface area (Å²) in [5, 5.41) is 0. The second kappa shape index (κ2) is 5.66. The van der Waals surface area contributed by atoms with Crippen LogP contribution in [0.25, 0.3) is 0 Å². The lowest BCUT2D eigenvalue weighted by atomic mass is 10.0. The lowest BCUT2D eigenvalue weighted by Gasteiger charge is -2.12. The minimum absolute atomic E-state index is 0.114. The monoisotopic (exact) mass is 306 g/mol. The van der Waals surface area contributed by atoms with E-state index in [0.717, 1.165) is 12.0 Å². The predicted octanol–water partition coefficient (Wildman–Crippen LogP) is 5.18. The summed E-state index contributed by atoms with van der Waals surface area (Å²) in [5.74, 6) is -0.153. The summed E-state index contributed by atoms with van der Waals surface area (Å²) in [7, 11) is 0. The van der Waals surface area contributed by atoms with E-state index in [1.807, 2.05) is 12.1 Å². The number of halogens is 2. The highest BCUT2D eigenvalue weighted by atomic mass is 79.9. The zero-order valence-electron chi connectivity index (χ0n) is 10.6. The highest BCUT2D eigenvalue weighted by molar-refractivity contribution is 9.09. The number of rotatable bonds is 3. The van der Waals surface area contributed by atoms with Crippen molar-refractivity contribution in [1.82, 2.24) is 0 Å². The molecule has 2 rings (SSSR count). The molecule has 0 fully saturated rings. The molecule has 18 heavy (non-hydrogen) atoms. The minimum Gasteiger partial charge on any atom is -0.207 e. The fourth-order valence-electron chi connectivity index (χ4n) is 1.94. The molecule has 1 atom stereocenters. The molecule has 2 heteroatoms. The fraction of sp³-hybridized carbons (Fsp3) is 0.250. The summed E-state index contributed by atoms with van der Waals surface area (Å²) in [4.78, 5) is 0.114. The molecule has 0 bridgehead atoms. The molecule has 0 N–H and O–H groups in total. The minimum atomic E-state index is -0.153. The smallest absolute Gasteiger partial charge is 0.126 e. The van der Waals surface area contributed by atoms with Crippen LogP contribution in [0.3, 0.4) is 0 Å². The molecular weight excluding hydrogens is 291 g/mol. The predicted molar refractivity (Wildman–Crippen MR) is 77.7 cm³/mol. The molecule has 0 spiro atoms. The van der Waals surface area contributed by atoms with Crippen molar-refractivity contribution < 1.29 is 4.39 Å². The lowest BCUT2D eigenvalue weighted by Crippen LogP contribution is -1.95. The van der Waals surface area contributed by atoms with Crippen LogP contribution in [0.4, 0.5) is 4.39 Å². The highest BCUT2D eigenvalue weighted by Gasteiger charge is 2.11. The van der Waals surface area contributed by atoms with E-state index in [2.05, 4.69) is 47.1 Å². The number of aryl methyl sites for hydroxylation is 2. The van der Waals surface area contributed by atoms with Crippen molar-refractivity contribution >= 4 is 15.9 Å². The molecule has 0 aliphatic carbocycles. The summed E-state index contributed by atoms with van der Waals surface area (Å²) in [6, 6.07) is 13.8. The van der Waals surface area contributed by atoms with Gasteiger partial charge in [0.1, 0.15) is 5.82 Å². The molecule has 2 aromatic carbocycles. The van der Waals surface area contributed by atoms with Crippen LogP contribution >= 0.6 is 15.9 Å². The largest absolute Gasteiger partial charge is 0.207 e. The van der Waals surface area contributed by atoms with Gasteiger partial charge in [0.15, 0.2) is 0 Å². The van der Waals surface area contributed by atoms with Crippen LogP contribution in [0.15, 0.2) is 42.5 Å². The van der Waals surface area contributed by atoms with Crippen molar-refractivity contribution in [2.75, 3.05) is 0 Å². The molecular formula is C16H16BrF. The third kappa shape index (κ3) is 2.81. The normalized spacial score (nSPS) is 12.4. The van der Waals surface area contributed by atoms with Crippen molar-refractivity contribution in [3.63, 3.8) is 0 Å². The molecule has 0 aliphatic rings. The first-order valence-corrected chi connectivity index (χ1v) is 7.02. The number of alkyl halides is 1. The average molecular weight is 307 g/mol. The van der Waals surface area contributed by atoms with Crippen molar-refractivity contribution in [2.24, 2.45) is 0 Å². The Balaban J connectivity index is 2.28. The number of hydrogen-bond acceptors (Lipinski definition) is 0. The maximum absolute atomic E-state index is 13.2. The van der Waals surface area contributed by atoms with Gasteiger partial charge in [-0.15, -0.1) is 0 Å². The van der Waals surface area contributed by atoms with Gasteiger partial charge in [-0.1, -0.05) is 59.3 Å². The van der Waals surface area contributed by atoms with E-state index >= 15 is 0 Å². The van der Waals surface area contributed by atoms with Crippen LogP contribution in [0, 0.1) is 12.7 Å². The Labute approximate surface area is 116 Å². The standard InChI is InChI=1S/C16H16BrF/c1-3-12-4-6-13(7-5-12)16(17)14-8-9-15(18)11(2)10-14/h4-10,16H,3H2,1-2H3. The zero-order valence-corrected chi connectivity index (χ0v) is 12.2. The van der Waals surface area contributed by atoms with E-state index in [9.17, 15) is 4.39 Å². The zero-order chi connectivity index (χ0) is 13.1. The van der Waals surface area contributed by atoms with Gasteiger partial charge in [-0.05, 0) is 41.7 Å². The SMILES string of the molecule is CCc1ccc(C(Br)c2ccc(F)c(C)c2)cc1. The number of benzene rings is 2. The Morgan fingerprint density at radius 1 is 1.06 bits per heavy atom. The molecule has 0 heterocycles. The topological polar surface area (TPSA) is 0 Å². The molecule has 0 saturated heterocycles. The molecule has 94 valence electrons. The summed E-state index contributed by atoms with van der Waals surface area (Å²) in [6.45, 7) is 3.93. The fourth-order valence-corrected chi connectivity index (χ4v) is 2.53. The first kappa shape index (κ1) is 13.3. The Bertz CT molecular complexity index is 531.